The number of carbonyl (C=O) groups excluding carboxylic acids is 1. The van der Waals surface area contributed by atoms with Crippen molar-refractivity contribution in [2.45, 2.75) is 45.4 Å². The Labute approximate surface area is 103 Å². The molecule has 0 amide bonds. The zero-order valence-electron chi connectivity index (χ0n) is 10.9. The number of hydrogen-bond donors (Lipinski definition) is 0. The lowest BCUT2D eigenvalue weighted by Gasteiger charge is -2.25. The minimum absolute atomic E-state index is 0.407. The summed E-state index contributed by atoms with van der Waals surface area (Å²) >= 11 is 0. The SMILES string of the molecule is COc1cc(C)cc(C)c1C1CCC(=O)CC1. The molecule has 0 spiro atoms. The van der Waals surface area contributed by atoms with E-state index in [9.17, 15) is 4.79 Å². The van der Waals surface area contributed by atoms with Crippen LogP contribution in [0.2, 0.25) is 0 Å². The highest BCUT2D eigenvalue weighted by atomic mass is 16.5. The third kappa shape index (κ3) is 2.51. The van der Waals surface area contributed by atoms with E-state index < -0.39 is 0 Å². The average molecular weight is 232 g/mol. The Morgan fingerprint density at radius 3 is 2.41 bits per heavy atom. The minimum atomic E-state index is 0.407. The van der Waals surface area contributed by atoms with Gasteiger partial charge >= 0.3 is 0 Å². The third-order valence-electron chi connectivity index (χ3n) is 3.66. The highest BCUT2D eigenvalue weighted by molar-refractivity contribution is 5.79. The van der Waals surface area contributed by atoms with Gasteiger partial charge in [0.1, 0.15) is 11.5 Å². The summed E-state index contributed by atoms with van der Waals surface area (Å²) in [5, 5.41) is 0. The molecule has 0 heterocycles. The molecule has 0 N–H and O–H groups in total. The fraction of sp³-hybridized carbons (Fsp3) is 0.533. The Balaban J connectivity index is 2.34. The number of ether oxygens (including phenoxy) is 1. The third-order valence-corrected chi connectivity index (χ3v) is 3.66. The maximum Gasteiger partial charge on any atom is 0.132 e. The summed E-state index contributed by atoms with van der Waals surface area (Å²) in [7, 11) is 1.73. The second-order valence-electron chi connectivity index (χ2n) is 5.01. The van der Waals surface area contributed by atoms with E-state index in [-0.39, 0.29) is 0 Å². The van der Waals surface area contributed by atoms with E-state index in [1.807, 2.05) is 0 Å². The molecule has 1 aromatic carbocycles. The second kappa shape index (κ2) is 4.91. The van der Waals surface area contributed by atoms with E-state index in [1.165, 1.54) is 16.7 Å². The summed E-state index contributed by atoms with van der Waals surface area (Å²) in [6.45, 7) is 4.23. The minimum Gasteiger partial charge on any atom is -0.496 e. The standard InChI is InChI=1S/C15H20O2/c1-10-8-11(2)15(14(9-10)17-3)12-4-6-13(16)7-5-12/h8-9,12H,4-7H2,1-3H3. The van der Waals surface area contributed by atoms with Gasteiger partial charge in [0.05, 0.1) is 7.11 Å². The number of hydrogen-bond acceptors (Lipinski definition) is 2. The summed E-state index contributed by atoms with van der Waals surface area (Å²) in [6, 6.07) is 4.30. The number of ketones is 1. The molecule has 1 fully saturated rings. The van der Waals surface area contributed by atoms with Crippen LogP contribution in [0.4, 0.5) is 0 Å². The fourth-order valence-corrected chi connectivity index (χ4v) is 2.86. The summed E-state index contributed by atoms with van der Waals surface area (Å²) in [5.74, 6) is 1.88. The van der Waals surface area contributed by atoms with Crippen molar-refractivity contribution < 1.29 is 9.53 Å². The quantitative estimate of drug-likeness (QED) is 0.779. The van der Waals surface area contributed by atoms with Gasteiger partial charge in [-0.1, -0.05) is 6.07 Å². The molecule has 17 heavy (non-hydrogen) atoms. The molecule has 0 atom stereocenters. The van der Waals surface area contributed by atoms with Crippen molar-refractivity contribution >= 4 is 5.78 Å². The van der Waals surface area contributed by atoms with Crippen LogP contribution in [0.1, 0.15) is 48.3 Å². The lowest BCUT2D eigenvalue weighted by Crippen LogP contribution is -2.14. The summed E-state index contributed by atoms with van der Waals surface area (Å²) in [6.07, 6.45) is 3.39. The van der Waals surface area contributed by atoms with Crippen LogP contribution < -0.4 is 4.74 Å². The number of methoxy groups -OCH3 is 1. The maximum absolute atomic E-state index is 11.3. The molecule has 1 saturated carbocycles. The number of benzene rings is 1. The number of aryl methyl sites for hydroxylation is 2. The number of rotatable bonds is 2. The van der Waals surface area contributed by atoms with Crippen LogP contribution >= 0.6 is 0 Å². The summed E-state index contributed by atoms with van der Waals surface area (Å²) in [5.41, 5.74) is 3.83. The van der Waals surface area contributed by atoms with Gasteiger partial charge < -0.3 is 4.74 Å². The van der Waals surface area contributed by atoms with Crippen molar-refractivity contribution in [1.29, 1.82) is 0 Å². The molecule has 92 valence electrons. The van der Waals surface area contributed by atoms with Gasteiger partial charge in [-0.3, -0.25) is 4.79 Å². The second-order valence-corrected chi connectivity index (χ2v) is 5.01. The molecule has 0 aromatic heterocycles. The zero-order valence-corrected chi connectivity index (χ0v) is 10.9. The Hall–Kier alpha value is -1.31. The van der Waals surface area contributed by atoms with E-state index in [2.05, 4.69) is 26.0 Å². The molecular formula is C15H20O2. The lowest BCUT2D eigenvalue weighted by atomic mass is 9.81. The van der Waals surface area contributed by atoms with Gasteiger partial charge in [0, 0.05) is 18.4 Å². The van der Waals surface area contributed by atoms with Crippen molar-refractivity contribution in [3.63, 3.8) is 0 Å². The molecule has 0 radical (unpaired) electrons. The predicted octanol–water partition coefficient (Wildman–Crippen LogP) is 3.54. The van der Waals surface area contributed by atoms with Gasteiger partial charge in [0.25, 0.3) is 0 Å². The van der Waals surface area contributed by atoms with Gasteiger partial charge in [0.2, 0.25) is 0 Å². The summed E-state index contributed by atoms with van der Waals surface area (Å²) < 4.78 is 5.50. The Kier molecular flexibility index (Phi) is 3.51. The normalized spacial score (nSPS) is 17.2. The van der Waals surface area contributed by atoms with Crippen LogP contribution in [0.25, 0.3) is 0 Å². The molecule has 2 heteroatoms. The molecule has 1 aliphatic rings. The topological polar surface area (TPSA) is 26.3 Å². The van der Waals surface area contributed by atoms with Crippen LogP contribution in [-0.2, 0) is 4.79 Å². The van der Waals surface area contributed by atoms with Crippen LogP contribution in [-0.4, -0.2) is 12.9 Å². The van der Waals surface area contributed by atoms with Crippen molar-refractivity contribution in [1.82, 2.24) is 0 Å². The van der Waals surface area contributed by atoms with Crippen LogP contribution in [0.15, 0.2) is 12.1 Å². The monoisotopic (exact) mass is 232 g/mol. The van der Waals surface area contributed by atoms with Gasteiger partial charge in [-0.25, -0.2) is 0 Å². The van der Waals surface area contributed by atoms with Crippen LogP contribution in [0.3, 0.4) is 0 Å². The van der Waals surface area contributed by atoms with E-state index in [0.29, 0.717) is 11.7 Å². The van der Waals surface area contributed by atoms with Gasteiger partial charge in [-0.2, -0.15) is 0 Å². The first-order chi connectivity index (χ1) is 8.11. The number of Topliss-reactive ketones (excluding diaryl/α,β-unsaturated/α-hetero) is 1. The Morgan fingerprint density at radius 1 is 1.18 bits per heavy atom. The van der Waals surface area contributed by atoms with E-state index in [4.69, 9.17) is 4.74 Å². The van der Waals surface area contributed by atoms with E-state index in [0.717, 1.165) is 31.4 Å². The molecule has 0 saturated heterocycles. The van der Waals surface area contributed by atoms with Crippen molar-refractivity contribution in [3.8, 4) is 5.75 Å². The van der Waals surface area contributed by atoms with Gasteiger partial charge in [-0.15, -0.1) is 0 Å². The Morgan fingerprint density at radius 2 is 1.82 bits per heavy atom. The maximum atomic E-state index is 11.3. The van der Waals surface area contributed by atoms with Gasteiger partial charge in [0.15, 0.2) is 0 Å². The fourth-order valence-electron chi connectivity index (χ4n) is 2.86. The molecule has 1 aliphatic carbocycles. The highest BCUT2D eigenvalue weighted by Crippen LogP contribution is 2.38. The lowest BCUT2D eigenvalue weighted by molar-refractivity contribution is -0.120. The molecule has 1 aromatic rings. The molecule has 0 bridgehead atoms. The van der Waals surface area contributed by atoms with Crippen LogP contribution in [0, 0.1) is 13.8 Å². The average Bonchev–Trinajstić information content (AvgIpc) is 2.30. The highest BCUT2D eigenvalue weighted by Gasteiger charge is 2.24. The zero-order chi connectivity index (χ0) is 12.4. The molecule has 0 aliphatic heterocycles. The van der Waals surface area contributed by atoms with Gasteiger partial charge in [-0.05, 0) is 49.8 Å². The number of carbonyl (C=O) groups is 1. The molecule has 0 unspecified atom stereocenters. The van der Waals surface area contributed by atoms with Crippen LogP contribution in [0.5, 0.6) is 5.75 Å². The predicted molar refractivity (Wildman–Crippen MR) is 68.7 cm³/mol. The first kappa shape index (κ1) is 12.2. The molecule has 2 nitrogen and oxygen atoms in total. The Bertz CT molecular complexity index is 425. The molecular weight excluding hydrogens is 212 g/mol. The van der Waals surface area contributed by atoms with Crippen molar-refractivity contribution in [3.05, 3.63) is 28.8 Å². The molecule has 2 rings (SSSR count). The first-order valence-electron chi connectivity index (χ1n) is 6.28. The first-order valence-corrected chi connectivity index (χ1v) is 6.28. The smallest absolute Gasteiger partial charge is 0.132 e. The van der Waals surface area contributed by atoms with Crippen molar-refractivity contribution in [2.75, 3.05) is 7.11 Å². The summed E-state index contributed by atoms with van der Waals surface area (Å²) in [4.78, 5) is 11.3. The van der Waals surface area contributed by atoms with E-state index >= 15 is 0 Å². The van der Waals surface area contributed by atoms with Crippen molar-refractivity contribution in [2.24, 2.45) is 0 Å². The largest absolute Gasteiger partial charge is 0.496 e. The van der Waals surface area contributed by atoms with E-state index in [1.54, 1.807) is 7.11 Å².